The van der Waals surface area contributed by atoms with Crippen LogP contribution in [0.4, 0.5) is 13.2 Å². The normalized spacial score (nSPS) is 19.8. The molecule has 0 aromatic carbocycles. The molecule has 1 aliphatic rings. The van der Waals surface area contributed by atoms with Crippen LogP contribution in [0.5, 0.6) is 0 Å². The molecule has 0 amide bonds. The smallest absolute Gasteiger partial charge is 0.379 e. The van der Waals surface area contributed by atoms with Crippen molar-refractivity contribution in [3.63, 3.8) is 0 Å². The summed E-state index contributed by atoms with van der Waals surface area (Å²) in [5.41, 5.74) is 0. The molecule has 21 heavy (non-hydrogen) atoms. The van der Waals surface area contributed by atoms with Crippen LogP contribution in [0.3, 0.4) is 0 Å². The average molecular weight is 311 g/mol. The van der Waals surface area contributed by atoms with Crippen molar-refractivity contribution in [2.24, 2.45) is 4.99 Å². The predicted molar refractivity (Wildman–Crippen MR) is 74.4 cm³/mol. The highest BCUT2D eigenvalue weighted by molar-refractivity contribution is 5.79. The summed E-state index contributed by atoms with van der Waals surface area (Å²) in [6.45, 7) is 2.43. The van der Waals surface area contributed by atoms with Crippen LogP contribution in [0.15, 0.2) is 4.99 Å². The molecule has 0 spiro atoms. The maximum Gasteiger partial charge on any atom is 0.390 e. The maximum absolute atomic E-state index is 12.0. The van der Waals surface area contributed by atoms with E-state index in [4.69, 9.17) is 9.47 Å². The number of halogens is 3. The van der Waals surface area contributed by atoms with Crippen LogP contribution in [0.1, 0.15) is 25.7 Å². The lowest BCUT2D eigenvalue weighted by Crippen LogP contribution is -2.39. The van der Waals surface area contributed by atoms with Gasteiger partial charge in [-0.25, -0.2) is 0 Å². The molecule has 0 aromatic heterocycles. The highest BCUT2D eigenvalue weighted by Gasteiger charge is 2.26. The third-order valence-corrected chi connectivity index (χ3v) is 3.01. The second-order valence-corrected chi connectivity index (χ2v) is 4.85. The van der Waals surface area contributed by atoms with Crippen molar-refractivity contribution in [1.29, 1.82) is 0 Å². The fourth-order valence-electron chi connectivity index (χ4n) is 1.91. The van der Waals surface area contributed by atoms with Gasteiger partial charge in [0.25, 0.3) is 0 Å². The minimum atomic E-state index is -4.15. The lowest BCUT2D eigenvalue weighted by Gasteiger charge is -2.13. The van der Waals surface area contributed by atoms with Crippen molar-refractivity contribution < 1.29 is 22.6 Å². The van der Waals surface area contributed by atoms with E-state index in [0.717, 1.165) is 25.9 Å². The summed E-state index contributed by atoms with van der Waals surface area (Å²) >= 11 is 0. The second-order valence-electron chi connectivity index (χ2n) is 4.85. The topological polar surface area (TPSA) is 54.9 Å². The van der Waals surface area contributed by atoms with Crippen LogP contribution in [-0.4, -0.2) is 58.2 Å². The third kappa shape index (κ3) is 9.52. The molecule has 0 radical (unpaired) electrons. The first-order valence-electron chi connectivity index (χ1n) is 7.22. The van der Waals surface area contributed by atoms with Crippen LogP contribution in [0.25, 0.3) is 0 Å². The summed E-state index contributed by atoms with van der Waals surface area (Å²) in [4.78, 5) is 3.85. The molecule has 0 aromatic rings. The number of aliphatic imine (C=N–C) groups is 1. The Kier molecular flexibility index (Phi) is 8.44. The summed E-state index contributed by atoms with van der Waals surface area (Å²) < 4.78 is 46.9. The molecular formula is C13H24F3N3O2. The number of hydrogen-bond acceptors (Lipinski definition) is 3. The molecule has 124 valence electrons. The fraction of sp³-hybridized carbons (Fsp3) is 0.923. The van der Waals surface area contributed by atoms with Gasteiger partial charge in [-0.2, -0.15) is 13.2 Å². The minimum absolute atomic E-state index is 0.182. The lowest BCUT2D eigenvalue weighted by atomic mass is 10.2. The Morgan fingerprint density at radius 1 is 1.33 bits per heavy atom. The Labute approximate surface area is 123 Å². The lowest BCUT2D eigenvalue weighted by molar-refractivity contribution is -0.132. The number of nitrogens with zero attached hydrogens (tertiary/aromatic N) is 1. The molecule has 0 aliphatic carbocycles. The van der Waals surface area contributed by atoms with Crippen LogP contribution < -0.4 is 10.6 Å². The molecule has 1 saturated heterocycles. The van der Waals surface area contributed by atoms with Gasteiger partial charge in [-0.15, -0.1) is 0 Å². The number of guanidine groups is 1. The Morgan fingerprint density at radius 3 is 2.71 bits per heavy atom. The number of ether oxygens (including phenoxy) is 2. The monoisotopic (exact) mass is 311 g/mol. The largest absolute Gasteiger partial charge is 0.390 e. The van der Waals surface area contributed by atoms with Crippen molar-refractivity contribution in [1.82, 2.24) is 10.6 Å². The standard InChI is InChI=1S/C13H24F3N3O2/c1-17-12(19-7-5-13(14,15)16)18-6-3-8-20-10-11-4-2-9-21-11/h11H,2-10H2,1H3,(H2,17,18,19). The van der Waals surface area contributed by atoms with Crippen molar-refractivity contribution >= 4 is 5.96 Å². The van der Waals surface area contributed by atoms with Gasteiger partial charge in [-0.05, 0) is 19.3 Å². The fourth-order valence-corrected chi connectivity index (χ4v) is 1.91. The number of nitrogens with one attached hydrogen (secondary N) is 2. The van der Waals surface area contributed by atoms with Crippen LogP contribution in [0, 0.1) is 0 Å². The first-order chi connectivity index (χ1) is 10.0. The van der Waals surface area contributed by atoms with Gasteiger partial charge < -0.3 is 20.1 Å². The summed E-state index contributed by atoms with van der Waals surface area (Å²) in [6, 6.07) is 0. The molecule has 0 saturated carbocycles. The van der Waals surface area contributed by atoms with E-state index >= 15 is 0 Å². The summed E-state index contributed by atoms with van der Waals surface area (Å²) in [6.07, 6.45) is -1.91. The SMILES string of the molecule is CN=C(NCCCOCC1CCCO1)NCCC(F)(F)F. The Balaban J connectivity index is 1.96. The predicted octanol–water partition coefficient (Wildman–Crippen LogP) is 1.69. The minimum Gasteiger partial charge on any atom is -0.379 e. The van der Waals surface area contributed by atoms with Crippen LogP contribution in [-0.2, 0) is 9.47 Å². The van der Waals surface area contributed by atoms with E-state index in [2.05, 4.69) is 15.6 Å². The van der Waals surface area contributed by atoms with Gasteiger partial charge in [-0.1, -0.05) is 0 Å². The van der Waals surface area contributed by atoms with Gasteiger partial charge >= 0.3 is 6.18 Å². The summed E-state index contributed by atoms with van der Waals surface area (Å²) in [7, 11) is 1.52. The summed E-state index contributed by atoms with van der Waals surface area (Å²) in [5.74, 6) is 0.373. The number of alkyl halides is 3. The van der Waals surface area contributed by atoms with Gasteiger partial charge in [0.15, 0.2) is 5.96 Å². The van der Waals surface area contributed by atoms with Crippen molar-refractivity contribution in [2.75, 3.05) is 40.0 Å². The maximum atomic E-state index is 12.0. The first kappa shape index (κ1) is 18.0. The van der Waals surface area contributed by atoms with Crippen molar-refractivity contribution in [3.05, 3.63) is 0 Å². The van der Waals surface area contributed by atoms with Gasteiger partial charge in [0, 0.05) is 33.4 Å². The van der Waals surface area contributed by atoms with E-state index in [9.17, 15) is 13.2 Å². The molecule has 1 rings (SSSR count). The van der Waals surface area contributed by atoms with Crippen molar-refractivity contribution in [2.45, 2.75) is 38.0 Å². The van der Waals surface area contributed by atoms with Gasteiger partial charge in [0.1, 0.15) is 0 Å². The van der Waals surface area contributed by atoms with E-state index in [0.29, 0.717) is 25.7 Å². The van der Waals surface area contributed by atoms with E-state index in [1.165, 1.54) is 7.05 Å². The Morgan fingerprint density at radius 2 is 2.10 bits per heavy atom. The van der Waals surface area contributed by atoms with E-state index in [1.807, 2.05) is 0 Å². The number of rotatable bonds is 8. The quantitative estimate of drug-likeness (QED) is 0.407. The Bertz CT molecular complexity index is 306. The van der Waals surface area contributed by atoms with Gasteiger partial charge in [0.05, 0.1) is 19.1 Å². The molecule has 0 bridgehead atoms. The zero-order valence-electron chi connectivity index (χ0n) is 12.3. The zero-order valence-corrected chi connectivity index (χ0v) is 12.3. The molecule has 1 heterocycles. The molecular weight excluding hydrogens is 287 g/mol. The Hall–Kier alpha value is -1.02. The second kappa shape index (κ2) is 9.83. The highest BCUT2D eigenvalue weighted by atomic mass is 19.4. The van der Waals surface area contributed by atoms with Gasteiger partial charge in [0.2, 0.25) is 0 Å². The third-order valence-electron chi connectivity index (χ3n) is 3.01. The molecule has 1 unspecified atom stereocenters. The first-order valence-corrected chi connectivity index (χ1v) is 7.22. The summed E-state index contributed by atoms with van der Waals surface area (Å²) in [5, 5.41) is 5.56. The number of hydrogen-bond donors (Lipinski definition) is 2. The van der Waals surface area contributed by atoms with Crippen molar-refractivity contribution in [3.8, 4) is 0 Å². The zero-order chi connectivity index (χ0) is 15.6. The van der Waals surface area contributed by atoms with E-state index in [-0.39, 0.29) is 12.6 Å². The van der Waals surface area contributed by atoms with Gasteiger partial charge in [-0.3, -0.25) is 4.99 Å². The van der Waals surface area contributed by atoms with E-state index < -0.39 is 12.6 Å². The van der Waals surface area contributed by atoms with E-state index in [1.54, 1.807) is 0 Å². The molecule has 1 atom stereocenters. The molecule has 8 heteroatoms. The molecule has 5 nitrogen and oxygen atoms in total. The molecule has 1 fully saturated rings. The van der Waals surface area contributed by atoms with Crippen LogP contribution >= 0.6 is 0 Å². The highest BCUT2D eigenvalue weighted by Crippen LogP contribution is 2.18. The average Bonchev–Trinajstić information content (AvgIpc) is 2.92. The van der Waals surface area contributed by atoms with Crippen LogP contribution in [0.2, 0.25) is 0 Å². The molecule has 2 N–H and O–H groups in total. The molecule has 1 aliphatic heterocycles.